The summed E-state index contributed by atoms with van der Waals surface area (Å²) in [6.45, 7) is 2.10. The molecule has 1 aromatic carbocycles. The van der Waals surface area contributed by atoms with Crippen molar-refractivity contribution in [2.24, 2.45) is 0 Å². The van der Waals surface area contributed by atoms with Crippen molar-refractivity contribution in [2.45, 2.75) is 38.1 Å². The van der Waals surface area contributed by atoms with Gasteiger partial charge in [-0.25, -0.2) is 0 Å². The number of benzene rings is 1. The average molecular weight is 390 g/mol. The normalized spacial score (nSPS) is 17.8. The van der Waals surface area contributed by atoms with E-state index in [4.69, 9.17) is 4.74 Å². The number of hydrogen-bond donors (Lipinski definition) is 2. The van der Waals surface area contributed by atoms with Crippen LogP contribution >= 0.6 is 0 Å². The number of rotatable bonds is 6. The maximum absolute atomic E-state index is 12.7. The highest BCUT2D eigenvalue weighted by molar-refractivity contribution is 6.02. The molecule has 2 aliphatic rings. The molecule has 2 N–H and O–H groups in total. The van der Waals surface area contributed by atoms with Crippen molar-refractivity contribution in [3.8, 4) is 0 Å². The second kappa shape index (κ2) is 9.50. The smallest absolute Gasteiger partial charge is 0.270 e. The van der Waals surface area contributed by atoms with Crippen molar-refractivity contribution < 1.29 is 19.2 Å². The molecule has 0 radical (unpaired) electrons. The maximum atomic E-state index is 12.7. The zero-order chi connectivity index (χ0) is 19.9. The summed E-state index contributed by atoms with van der Waals surface area (Å²) in [4.78, 5) is 37.4. The Morgan fingerprint density at radius 1 is 1.18 bits per heavy atom. The zero-order valence-electron chi connectivity index (χ0n) is 15.8. The molecule has 1 heterocycles. The molecule has 1 saturated heterocycles. The number of carbonyl (C=O) groups is 2. The third-order valence-electron chi connectivity index (χ3n) is 5.17. The predicted octanol–water partition coefficient (Wildman–Crippen LogP) is 1.61. The van der Waals surface area contributed by atoms with Gasteiger partial charge in [0.25, 0.3) is 11.6 Å². The first-order chi connectivity index (χ1) is 13.5. The van der Waals surface area contributed by atoms with Gasteiger partial charge in [-0.1, -0.05) is 19.3 Å². The van der Waals surface area contributed by atoms with Crippen LogP contribution in [0.3, 0.4) is 0 Å². The Morgan fingerprint density at radius 3 is 2.57 bits per heavy atom. The first kappa shape index (κ1) is 20.1. The molecule has 0 spiro atoms. The molecule has 9 heteroatoms. The van der Waals surface area contributed by atoms with Crippen LogP contribution < -0.4 is 15.5 Å². The van der Waals surface area contributed by atoms with Crippen LogP contribution in [0, 0.1) is 10.1 Å². The van der Waals surface area contributed by atoms with Gasteiger partial charge < -0.3 is 20.3 Å². The highest BCUT2D eigenvalue weighted by atomic mass is 16.6. The van der Waals surface area contributed by atoms with E-state index in [1.807, 2.05) is 4.90 Å². The molecule has 3 rings (SSSR count). The number of nitrogens with one attached hydrogen (secondary N) is 2. The molecular formula is C19H26N4O5. The Balaban J connectivity index is 1.67. The van der Waals surface area contributed by atoms with Gasteiger partial charge in [0, 0.05) is 31.3 Å². The largest absolute Gasteiger partial charge is 0.378 e. The fourth-order valence-electron chi connectivity index (χ4n) is 3.68. The Kier molecular flexibility index (Phi) is 6.80. The van der Waals surface area contributed by atoms with Gasteiger partial charge in [0.2, 0.25) is 5.91 Å². The Hall–Kier alpha value is -2.68. The Bertz CT molecular complexity index is 727. The van der Waals surface area contributed by atoms with Crippen LogP contribution in [0.5, 0.6) is 0 Å². The molecule has 1 saturated carbocycles. The zero-order valence-corrected chi connectivity index (χ0v) is 15.8. The summed E-state index contributed by atoms with van der Waals surface area (Å²) in [7, 11) is 0. The van der Waals surface area contributed by atoms with Crippen LogP contribution in [0.15, 0.2) is 18.2 Å². The summed E-state index contributed by atoms with van der Waals surface area (Å²) in [6.07, 6.45) is 5.33. The molecular weight excluding hydrogens is 364 g/mol. The lowest BCUT2D eigenvalue weighted by Gasteiger charge is -2.30. The maximum Gasteiger partial charge on any atom is 0.270 e. The van der Waals surface area contributed by atoms with E-state index in [0.29, 0.717) is 32.0 Å². The second-order valence-electron chi connectivity index (χ2n) is 7.14. The summed E-state index contributed by atoms with van der Waals surface area (Å²) in [6, 6.07) is 4.40. The summed E-state index contributed by atoms with van der Waals surface area (Å²) < 4.78 is 5.33. The van der Waals surface area contributed by atoms with E-state index >= 15 is 0 Å². The molecule has 0 aromatic heterocycles. The third-order valence-corrected chi connectivity index (χ3v) is 5.17. The van der Waals surface area contributed by atoms with Crippen LogP contribution in [-0.4, -0.2) is 55.6 Å². The number of carbonyl (C=O) groups excluding carboxylic acids is 2. The first-order valence-corrected chi connectivity index (χ1v) is 9.73. The number of anilines is 1. The second-order valence-corrected chi connectivity index (χ2v) is 7.14. The van der Waals surface area contributed by atoms with Gasteiger partial charge in [-0.05, 0) is 18.9 Å². The standard InChI is InChI=1S/C19H26N4O5/c24-18(21-14-4-2-1-3-5-14)13-20-19(25)16-12-15(23(26)27)6-7-17(16)22-8-10-28-11-9-22/h6-7,12,14H,1-5,8-11,13H2,(H,20,25)(H,21,24). The lowest BCUT2D eigenvalue weighted by atomic mass is 9.95. The average Bonchev–Trinajstić information content (AvgIpc) is 2.73. The van der Waals surface area contributed by atoms with Gasteiger partial charge in [-0.2, -0.15) is 0 Å². The summed E-state index contributed by atoms with van der Waals surface area (Å²) >= 11 is 0. The number of ether oxygens (including phenoxy) is 1. The van der Waals surface area contributed by atoms with Crippen LogP contribution in [0.2, 0.25) is 0 Å². The summed E-state index contributed by atoms with van der Waals surface area (Å²) in [5.74, 6) is -0.734. The molecule has 2 fully saturated rings. The van der Waals surface area contributed by atoms with E-state index in [1.54, 1.807) is 6.07 Å². The van der Waals surface area contributed by atoms with Gasteiger partial charge >= 0.3 is 0 Å². The Labute approximate surface area is 163 Å². The predicted molar refractivity (Wildman–Crippen MR) is 103 cm³/mol. The number of morpholine rings is 1. The molecule has 2 amide bonds. The van der Waals surface area contributed by atoms with Gasteiger partial charge in [0.05, 0.1) is 35.9 Å². The van der Waals surface area contributed by atoms with Crippen molar-refractivity contribution in [3.05, 3.63) is 33.9 Å². The Morgan fingerprint density at radius 2 is 1.89 bits per heavy atom. The minimum absolute atomic E-state index is 0.152. The van der Waals surface area contributed by atoms with Crippen molar-refractivity contribution in [3.63, 3.8) is 0 Å². The van der Waals surface area contributed by atoms with E-state index in [0.717, 1.165) is 25.7 Å². The van der Waals surface area contributed by atoms with Crippen molar-refractivity contribution in [1.29, 1.82) is 0 Å². The van der Waals surface area contributed by atoms with Gasteiger partial charge in [-0.15, -0.1) is 0 Å². The fourth-order valence-corrected chi connectivity index (χ4v) is 3.68. The number of non-ortho nitro benzene ring substituents is 1. The summed E-state index contributed by atoms with van der Waals surface area (Å²) in [5, 5.41) is 16.7. The lowest BCUT2D eigenvalue weighted by molar-refractivity contribution is -0.384. The molecule has 152 valence electrons. The van der Waals surface area contributed by atoms with Gasteiger partial charge in [0.1, 0.15) is 0 Å². The number of nitro groups is 1. The minimum Gasteiger partial charge on any atom is -0.378 e. The van der Waals surface area contributed by atoms with Crippen LogP contribution in [0.1, 0.15) is 42.5 Å². The number of hydrogen-bond acceptors (Lipinski definition) is 6. The quantitative estimate of drug-likeness (QED) is 0.563. The minimum atomic E-state index is -0.532. The molecule has 1 aliphatic heterocycles. The van der Waals surface area contributed by atoms with Crippen molar-refractivity contribution >= 4 is 23.2 Å². The number of nitrogens with zero attached hydrogens (tertiary/aromatic N) is 2. The topological polar surface area (TPSA) is 114 Å². The van der Waals surface area contributed by atoms with Crippen LogP contribution in [-0.2, 0) is 9.53 Å². The van der Waals surface area contributed by atoms with E-state index < -0.39 is 10.8 Å². The fraction of sp³-hybridized carbons (Fsp3) is 0.579. The molecule has 0 bridgehead atoms. The molecule has 0 atom stereocenters. The highest BCUT2D eigenvalue weighted by Crippen LogP contribution is 2.26. The molecule has 1 aromatic rings. The number of nitro benzene ring substituents is 1. The van der Waals surface area contributed by atoms with E-state index in [1.165, 1.54) is 18.6 Å². The molecule has 28 heavy (non-hydrogen) atoms. The summed E-state index contributed by atoms with van der Waals surface area (Å²) in [5.41, 5.74) is 0.648. The molecule has 9 nitrogen and oxygen atoms in total. The van der Waals surface area contributed by atoms with Crippen molar-refractivity contribution in [1.82, 2.24) is 10.6 Å². The monoisotopic (exact) mass is 390 g/mol. The van der Waals surface area contributed by atoms with Crippen LogP contribution in [0.25, 0.3) is 0 Å². The third kappa shape index (κ3) is 5.19. The number of amides is 2. The van der Waals surface area contributed by atoms with Gasteiger partial charge in [-0.3, -0.25) is 19.7 Å². The van der Waals surface area contributed by atoms with E-state index in [-0.39, 0.29) is 29.7 Å². The molecule has 0 unspecified atom stereocenters. The lowest BCUT2D eigenvalue weighted by Crippen LogP contribution is -2.43. The highest BCUT2D eigenvalue weighted by Gasteiger charge is 2.23. The van der Waals surface area contributed by atoms with Crippen LogP contribution in [0.4, 0.5) is 11.4 Å². The SMILES string of the molecule is O=C(CNC(=O)c1cc([N+](=O)[O-])ccc1N1CCOCC1)NC1CCCCC1. The van der Waals surface area contributed by atoms with Crippen molar-refractivity contribution in [2.75, 3.05) is 37.7 Å². The van der Waals surface area contributed by atoms with Gasteiger partial charge in [0.15, 0.2) is 0 Å². The molecule has 1 aliphatic carbocycles. The first-order valence-electron chi connectivity index (χ1n) is 9.73. The van der Waals surface area contributed by atoms with E-state index in [9.17, 15) is 19.7 Å². The van der Waals surface area contributed by atoms with E-state index in [2.05, 4.69) is 10.6 Å².